The van der Waals surface area contributed by atoms with Crippen molar-refractivity contribution in [3.05, 3.63) is 0 Å². The Hall–Kier alpha value is -0.420. The number of hydrogen-bond acceptors (Lipinski definition) is 4. The van der Waals surface area contributed by atoms with Crippen LogP contribution in [0.2, 0.25) is 0 Å². The number of carbonyl (C=O) groups excluding carboxylic acids is 1. The van der Waals surface area contributed by atoms with E-state index in [4.69, 9.17) is 9.47 Å². The number of likely N-dealkylation sites (tertiary alicyclic amines) is 1. The van der Waals surface area contributed by atoms with E-state index in [0.29, 0.717) is 6.54 Å². The smallest absolute Gasteiger partial charge is 0.410 e. The number of thioether (sulfide) groups is 1. The molecule has 0 aromatic rings. The first-order valence-corrected chi connectivity index (χ1v) is 9.11. The summed E-state index contributed by atoms with van der Waals surface area (Å²) in [5.41, 5.74) is -0.671. The summed E-state index contributed by atoms with van der Waals surface area (Å²) in [7, 11) is 0. The molecule has 0 saturated carbocycles. The van der Waals surface area contributed by atoms with Crippen molar-refractivity contribution in [3.8, 4) is 0 Å². The molecule has 0 spiro atoms. The van der Waals surface area contributed by atoms with Crippen molar-refractivity contribution < 1.29 is 14.3 Å². The van der Waals surface area contributed by atoms with Crippen LogP contribution in [0, 0.1) is 0 Å². The van der Waals surface area contributed by atoms with Crippen LogP contribution in [0.5, 0.6) is 0 Å². The average Bonchev–Trinajstić information content (AvgIpc) is 2.36. The third kappa shape index (κ3) is 7.41. The normalized spacial score (nSPS) is 23.2. The number of piperidine rings is 1. The molecule has 1 fully saturated rings. The van der Waals surface area contributed by atoms with E-state index in [1.54, 1.807) is 4.90 Å². The second kappa shape index (κ2) is 8.28. The maximum Gasteiger partial charge on any atom is 0.410 e. The van der Waals surface area contributed by atoms with E-state index in [1.165, 1.54) is 0 Å². The quantitative estimate of drug-likeness (QED) is 0.696. The molecule has 0 aromatic carbocycles. The Morgan fingerprint density at radius 3 is 2.71 bits per heavy atom. The van der Waals surface area contributed by atoms with Crippen molar-refractivity contribution in [1.29, 1.82) is 0 Å². The van der Waals surface area contributed by atoms with Crippen molar-refractivity contribution >= 4 is 17.9 Å². The predicted molar refractivity (Wildman–Crippen MR) is 89.0 cm³/mol. The van der Waals surface area contributed by atoms with Crippen LogP contribution >= 0.6 is 11.8 Å². The fourth-order valence-electron chi connectivity index (χ4n) is 2.43. The zero-order chi connectivity index (χ0) is 15.9. The highest BCUT2D eigenvalue weighted by Gasteiger charge is 2.35. The van der Waals surface area contributed by atoms with Gasteiger partial charge in [0, 0.05) is 13.2 Å². The molecular formula is C16H31NO3S. The van der Waals surface area contributed by atoms with Gasteiger partial charge in [0.15, 0.2) is 0 Å². The second-order valence-electron chi connectivity index (χ2n) is 6.85. The molecule has 1 heterocycles. The van der Waals surface area contributed by atoms with Gasteiger partial charge in [0.2, 0.25) is 0 Å². The third-order valence-electron chi connectivity index (χ3n) is 3.40. The molecule has 0 bridgehead atoms. The van der Waals surface area contributed by atoms with Crippen molar-refractivity contribution in [3.63, 3.8) is 0 Å². The van der Waals surface area contributed by atoms with Crippen LogP contribution in [-0.4, -0.2) is 53.4 Å². The first-order chi connectivity index (χ1) is 9.76. The molecule has 21 heavy (non-hydrogen) atoms. The number of hydrogen-bond donors (Lipinski definition) is 0. The second-order valence-corrected chi connectivity index (χ2v) is 8.25. The van der Waals surface area contributed by atoms with Gasteiger partial charge in [0.25, 0.3) is 0 Å². The molecule has 5 heteroatoms. The molecule has 1 amide bonds. The SMILES string of the molecule is CCSCCCOC1(C)CCCN(C(=O)OC(C)(C)C)C1. The highest BCUT2D eigenvalue weighted by molar-refractivity contribution is 7.99. The summed E-state index contributed by atoms with van der Waals surface area (Å²) in [5.74, 6) is 2.30. The minimum absolute atomic E-state index is 0.224. The van der Waals surface area contributed by atoms with Crippen molar-refractivity contribution in [1.82, 2.24) is 4.90 Å². The van der Waals surface area contributed by atoms with Crippen LogP contribution in [0.4, 0.5) is 4.79 Å². The van der Waals surface area contributed by atoms with Crippen LogP contribution in [0.25, 0.3) is 0 Å². The fourth-order valence-corrected chi connectivity index (χ4v) is 3.04. The van der Waals surface area contributed by atoms with Gasteiger partial charge in [-0.25, -0.2) is 4.79 Å². The molecule has 4 nitrogen and oxygen atoms in total. The van der Waals surface area contributed by atoms with E-state index >= 15 is 0 Å². The Balaban J connectivity index is 2.41. The van der Waals surface area contributed by atoms with Crippen LogP contribution < -0.4 is 0 Å². The minimum Gasteiger partial charge on any atom is -0.444 e. The van der Waals surface area contributed by atoms with Crippen molar-refractivity contribution in [2.45, 2.75) is 65.1 Å². The van der Waals surface area contributed by atoms with Crippen molar-refractivity contribution in [2.24, 2.45) is 0 Å². The van der Waals surface area contributed by atoms with Gasteiger partial charge in [-0.15, -0.1) is 0 Å². The highest BCUT2D eigenvalue weighted by Crippen LogP contribution is 2.26. The van der Waals surface area contributed by atoms with Crippen LogP contribution in [0.1, 0.15) is 53.9 Å². The topological polar surface area (TPSA) is 38.8 Å². The molecule has 1 unspecified atom stereocenters. The molecule has 0 radical (unpaired) electrons. The van der Waals surface area contributed by atoms with E-state index in [9.17, 15) is 4.79 Å². The van der Waals surface area contributed by atoms with Crippen LogP contribution in [0.15, 0.2) is 0 Å². The number of carbonyl (C=O) groups is 1. The van der Waals surface area contributed by atoms with Gasteiger partial charge < -0.3 is 14.4 Å². The Labute approximate surface area is 133 Å². The van der Waals surface area contributed by atoms with Crippen molar-refractivity contribution in [2.75, 3.05) is 31.2 Å². The maximum atomic E-state index is 12.2. The van der Waals surface area contributed by atoms with Crippen LogP contribution in [-0.2, 0) is 9.47 Å². The molecule has 1 aliphatic heterocycles. The molecule has 1 rings (SSSR count). The first-order valence-electron chi connectivity index (χ1n) is 7.95. The fraction of sp³-hybridized carbons (Fsp3) is 0.938. The highest BCUT2D eigenvalue weighted by atomic mass is 32.2. The summed E-state index contributed by atoms with van der Waals surface area (Å²) < 4.78 is 11.5. The number of nitrogens with zero attached hydrogens (tertiary/aromatic N) is 1. The van der Waals surface area contributed by atoms with Gasteiger partial charge in [-0.3, -0.25) is 0 Å². The van der Waals surface area contributed by atoms with E-state index in [1.807, 2.05) is 32.5 Å². The van der Waals surface area contributed by atoms with Gasteiger partial charge in [-0.05, 0) is 58.5 Å². The van der Waals surface area contributed by atoms with Crippen LogP contribution in [0.3, 0.4) is 0 Å². The monoisotopic (exact) mass is 317 g/mol. The molecular weight excluding hydrogens is 286 g/mol. The molecule has 1 aliphatic rings. The summed E-state index contributed by atoms with van der Waals surface area (Å²) in [5, 5.41) is 0. The Morgan fingerprint density at radius 1 is 1.38 bits per heavy atom. The summed E-state index contributed by atoms with van der Waals surface area (Å²) in [4.78, 5) is 13.9. The molecule has 0 aliphatic carbocycles. The van der Waals surface area contributed by atoms with Gasteiger partial charge in [-0.2, -0.15) is 11.8 Å². The summed E-state index contributed by atoms with van der Waals surface area (Å²) in [6, 6.07) is 0. The van der Waals surface area contributed by atoms with E-state index < -0.39 is 5.60 Å². The first kappa shape index (κ1) is 18.6. The lowest BCUT2D eigenvalue weighted by Crippen LogP contribution is -2.51. The maximum absolute atomic E-state index is 12.2. The Bertz CT molecular complexity index is 330. The van der Waals surface area contributed by atoms with E-state index in [0.717, 1.165) is 43.9 Å². The lowest BCUT2D eigenvalue weighted by Gasteiger charge is -2.40. The minimum atomic E-state index is -0.441. The zero-order valence-electron chi connectivity index (χ0n) is 14.2. The lowest BCUT2D eigenvalue weighted by molar-refractivity contribution is -0.0793. The van der Waals surface area contributed by atoms with E-state index in [-0.39, 0.29) is 11.7 Å². The molecule has 0 aromatic heterocycles. The van der Waals surface area contributed by atoms with Gasteiger partial charge in [0.05, 0.1) is 12.1 Å². The number of amides is 1. The lowest BCUT2D eigenvalue weighted by atomic mass is 9.95. The zero-order valence-corrected chi connectivity index (χ0v) is 15.1. The number of rotatable bonds is 6. The molecule has 124 valence electrons. The standard InChI is InChI=1S/C16H31NO3S/c1-6-21-12-8-11-19-16(5)9-7-10-17(13-16)14(18)20-15(2,3)4/h6-13H2,1-5H3. The van der Waals surface area contributed by atoms with Gasteiger partial charge in [-0.1, -0.05) is 6.92 Å². The largest absolute Gasteiger partial charge is 0.444 e. The number of ether oxygens (including phenoxy) is 2. The Kier molecular flexibility index (Phi) is 7.34. The summed E-state index contributed by atoms with van der Waals surface area (Å²) in [6.07, 6.45) is 2.83. The molecule has 0 N–H and O–H groups in total. The summed E-state index contributed by atoms with van der Waals surface area (Å²) in [6.45, 7) is 12.1. The molecule has 1 atom stereocenters. The van der Waals surface area contributed by atoms with Gasteiger partial charge in [0.1, 0.15) is 5.60 Å². The molecule has 1 saturated heterocycles. The third-order valence-corrected chi connectivity index (χ3v) is 4.38. The summed E-state index contributed by atoms with van der Waals surface area (Å²) >= 11 is 1.94. The predicted octanol–water partition coefficient (Wildman–Crippen LogP) is 3.94. The van der Waals surface area contributed by atoms with E-state index in [2.05, 4.69) is 13.8 Å². The Morgan fingerprint density at radius 2 is 2.10 bits per heavy atom. The van der Waals surface area contributed by atoms with Gasteiger partial charge >= 0.3 is 6.09 Å². The average molecular weight is 317 g/mol.